The van der Waals surface area contributed by atoms with Gasteiger partial charge >= 0.3 is 5.97 Å². The molecule has 1 N–H and O–H groups in total. The van der Waals surface area contributed by atoms with Gasteiger partial charge in [-0.25, -0.2) is 0 Å². The highest BCUT2D eigenvalue weighted by atomic mass is 16.6. The molecule has 5 nitrogen and oxygen atoms in total. The predicted octanol–water partition coefficient (Wildman–Crippen LogP) is 2.69. The average Bonchev–Trinajstić information content (AvgIpc) is 2.24. The number of hydrogen-bond acceptors (Lipinski definition) is 5. The summed E-state index contributed by atoms with van der Waals surface area (Å²) in [4.78, 5) is 11.4. The van der Waals surface area contributed by atoms with Crippen LogP contribution >= 0.6 is 0 Å². The largest absolute Gasteiger partial charge is 0.460 e. The quantitative estimate of drug-likeness (QED) is 0.496. The van der Waals surface area contributed by atoms with Gasteiger partial charge in [0.2, 0.25) is 0 Å². The molecule has 0 aromatic rings. The third-order valence-electron chi connectivity index (χ3n) is 2.66. The normalized spacial score (nSPS) is 14.0. The molecule has 1 atom stereocenters. The molecule has 0 aliphatic heterocycles. The van der Waals surface area contributed by atoms with Crippen LogP contribution in [-0.2, 0) is 19.0 Å². The van der Waals surface area contributed by atoms with E-state index in [0.29, 0.717) is 26.2 Å². The number of carbonyl (C=O) groups is 1. The predicted molar refractivity (Wildman–Crippen MR) is 82.2 cm³/mol. The molecule has 0 spiro atoms. The van der Waals surface area contributed by atoms with Crippen LogP contribution in [0.15, 0.2) is 0 Å². The Hall–Kier alpha value is -0.650. The maximum Gasteiger partial charge on any atom is 0.308 e. The summed E-state index contributed by atoms with van der Waals surface area (Å²) in [5.41, 5.74) is -1.14. The van der Waals surface area contributed by atoms with E-state index >= 15 is 0 Å². The summed E-state index contributed by atoms with van der Waals surface area (Å²) in [6.45, 7) is 12.5. The van der Waals surface area contributed by atoms with Gasteiger partial charge in [-0.15, -0.1) is 0 Å². The van der Waals surface area contributed by atoms with E-state index in [2.05, 4.69) is 0 Å². The summed E-state index contributed by atoms with van der Waals surface area (Å²) in [6, 6.07) is 0. The number of rotatable bonds is 10. The van der Waals surface area contributed by atoms with Gasteiger partial charge in [-0.2, -0.15) is 0 Å². The van der Waals surface area contributed by atoms with Gasteiger partial charge in [-0.1, -0.05) is 0 Å². The molecule has 0 aromatic carbocycles. The fraction of sp³-hybridized carbons (Fsp3) is 0.938. The van der Waals surface area contributed by atoms with E-state index in [4.69, 9.17) is 14.2 Å². The van der Waals surface area contributed by atoms with E-state index in [0.717, 1.165) is 6.42 Å². The van der Waals surface area contributed by atoms with Gasteiger partial charge in [0.15, 0.2) is 0 Å². The fourth-order valence-electron chi connectivity index (χ4n) is 1.49. The summed E-state index contributed by atoms with van der Waals surface area (Å²) in [5.74, 6) is -0.239. The van der Waals surface area contributed by atoms with Crippen molar-refractivity contribution in [3.63, 3.8) is 0 Å². The van der Waals surface area contributed by atoms with Crippen LogP contribution in [0, 0.1) is 0 Å². The number of ether oxygens (including phenoxy) is 3. The lowest BCUT2D eigenvalue weighted by Gasteiger charge is -2.20. The van der Waals surface area contributed by atoms with Crippen LogP contribution in [0.4, 0.5) is 0 Å². The van der Waals surface area contributed by atoms with E-state index in [1.165, 1.54) is 0 Å². The van der Waals surface area contributed by atoms with Crippen molar-refractivity contribution in [3.05, 3.63) is 0 Å². The smallest absolute Gasteiger partial charge is 0.308 e. The standard InChI is InChI=1S/C16H32O5/c1-13(20-12-9-16(5,6)18)7-10-19-11-8-14(17)21-15(2,3)4/h13,18H,7-12H2,1-6H3. The van der Waals surface area contributed by atoms with Crippen LogP contribution in [-0.4, -0.2) is 48.2 Å². The molecule has 0 aliphatic rings. The Morgan fingerprint density at radius 1 is 1.10 bits per heavy atom. The molecule has 1 unspecified atom stereocenters. The summed E-state index contributed by atoms with van der Waals surface area (Å²) >= 11 is 0. The highest BCUT2D eigenvalue weighted by molar-refractivity contribution is 5.69. The third-order valence-corrected chi connectivity index (χ3v) is 2.66. The first-order chi connectivity index (χ1) is 9.49. The average molecular weight is 304 g/mol. The van der Waals surface area contributed by atoms with Crippen LogP contribution in [0.25, 0.3) is 0 Å². The molecule has 0 aromatic heterocycles. The molecule has 0 heterocycles. The Bertz CT molecular complexity index is 288. The molecule has 0 saturated carbocycles. The molecule has 0 rings (SSSR count). The van der Waals surface area contributed by atoms with Crippen LogP contribution in [0.5, 0.6) is 0 Å². The highest BCUT2D eigenvalue weighted by Crippen LogP contribution is 2.09. The van der Waals surface area contributed by atoms with Gasteiger partial charge < -0.3 is 19.3 Å². The molecular formula is C16H32O5. The van der Waals surface area contributed by atoms with Gasteiger partial charge in [-0.05, 0) is 54.4 Å². The molecule has 5 heteroatoms. The minimum Gasteiger partial charge on any atom is -0.460 e. The zero-order valence-corrected chi connectivity index (χ0v) is 14.4. The summed E-state index contributed by atoms with van der Waals surface area (Å²) < 4.78 is 16.2. The topological polar surface area (TPSA) is 65.0 Å². The van der Waals surface area contributed by atoms with E-state index < -0.39 is 11.2 Å². The van der Waals surface area contributed by atoms with Crippen molar-refractivity contribution in [2.45, 2.75) is 78.1 Å². The SMILES string of the molecule is CC(CCOCCC(=O)OC(C)(C)C)OCCC(C)(C)O. The molecule has 0 bridgehead atoms. The van der Waals surface area contributed by atoms with E-state index in [9.17, 15) is 9.90 Å². The van der Waals surface area contributed by atoms with Gasteiger partial charge in [-0.3, -0.25) is 4.79 Å². The number of hydrogen-bond donors (Lipinski definition) is 1. The molecule has 126 valence electrons. The Kier molecular flexibility index (Phi) is 9.09. The van der Waals surface area contributed by atoms with Crippen LogP contribution in [0.2, 0.25) is 0 Å². The van der Waals surface area contributed by atoms with Gasteiger partial charge in [0, 0.05) is 13.2 Å². The second-order valence-electron chi connectivity index (χ2n) is 6.98. The molecular weight excluding hydrogens is 272 g/mol. The minimum atomic E-state index is -0.691. The maximum absolute atomic E-state index is 11.4. The Balaban J connectivity index is 3.52. The van der Waals surface area contributed by atoms with E-state index in [1.807, 2.05) is 27.7 Å². The molecule has 0 fully saturated rings. The molecule has 0 radical (unpaired) electrons. The highest BCUT2D eigenvalue weighted by Gasteiger charge is 2.16. The van der Waals surface area contributed by atoms with Crippen LogP contribution < -0.4 is 0 Å². The summed E-state index contributed by atoms with van der Waals surface area (Å²) in [5, 5.41) is 9.56. The Morgan fingerprint density at radius 3 is 2.24 bits per heavy atom. The molecule has 0 amide bonds. The number of esters is 1. The lowest BCUT2D eigenvalue weighted by molar-refractivity contribution is -0.156. The molecule has 0 aliphatic carbocycles. The molecule has 21 heavy (non-hydrogen) atoms. The zero-order chi connectivity index (χ0) is 16.5. The van der Waals surface area contributed by atoms with Crippen molar-refractivity contribution in [1.29, 1.82) is 0 Å². The van der Waals surface area contributed by atoms with Crippen molar-refractivity contribution in [1.82, 2.24) is 0 Å². The van der Waals surface area contributed by atoms with Crippen LogP contribution in [0.3, 0.4) is 0 Å². The van der Waals surface area contributed by atoms with Crippen LogP contribution in [0.1, 0.15) is 60.8 Å². The van der Waals surface area contributed by atoms with Gasteiger partial charge in [0.05, 0.1) is 24.7 Å². The zero-order valence-electron chi connectivity index (χ0n) is 14.4. The van der Waals surface area contributed by atoms with Crippen molar-refractivity contribution >= 4 is 5.97 Å². The molecule has 0 saturated heterocycles. The first kappa shape index (κ1) is 20.3. The van der Waals surface area contributed by atoms with Crippen molar-refractivity contribution in [2.75, 3.05) is 19.8 Å². The summed E-state index contributed by atoms with van der Waals surface area (Å²) in [7, 11) is 0. The van der Waals surface area contributed by atoms with E-state index in [1.54, 1.807) is 13.8 Å². The van der Waals surface area contributed by atoms with Gasteiger partial charge in [0.25, 0.3) is 0 Å². The Labute approximate surface area is 129 Å². The third kappa shape index (κ3) is 15.6. The maximum atomic E-state index is 11.4. The monoisotopic (exact) mass is 304 g/mol. The lowest BCUT2D eigenvalue weighted by atomic mass is 10.1. The number of carbonyl (C=O) groups excluding carboxylic acids is 1. The fourth-order valence-corrected chi connectivity index (χ4v) is 1.49. The first-order valence-corrected chi connectivity index (χ1v) is 7.63. The van der Waals surface area contributed by atoms with Crippen molar-refractivity contribution in [2.24, 2.45) is 0 Å². The number of aliphatic hydroxyl groups is 1. The van der Waals surface area contributed by atoms with E-state index in [-0.39, 0.29) is 18.5 Å². The minimum absolute atomic E-state index is 0.0777. The first-order valence-electron chi connectivity index (χ1n) is 7.63. The van der Waals surface area contributed by atoms with Crippen molar-refractivity contribution in [3.8, 4) is 0 Å². The summed E-state index contributed by atoms with van der Waals surface area (Å²) in [6.07, 6.45) is 1.72. The second kappa shape index (κ2) is 9.38. The lowest BCUT2D eigenvalue weighted by Crippen LogP contribution is -2.24. The van der Waals surface area contributed by atoms with Crippen molar-refractivity contribution < 1.29 is 24.1 Å². The Morgan fingerprint density at radius 2 is 1.71 bits per heavy atom. The van der Waals surface area contributed by atoms with Gasteiger partial charge in [0.1, 0.15) is 5.60 Å². The second-order valence-corrected chi connectivity index (χ2v) is 6.98.